The molecule has 4 nitrogen and oxygen atoms in total. The molecule has 2 aromatic rings. The first-order chi connectivity index (χ1) is 13.9. The van der Waals surface area contributed by atoms with E-state index in [1.165, 1.54) is 12.1 Å². The molecule has 2 atom stereocenters. The summed E-state index contributed by atoms with van der Waals surface area (Å²) in [6.07, 6.45) is 6.84. The third kappa shape index (κ3) is 4.09. The van der Waals surface area contributed by atoms with Crippen LogP contribution in [-0.4, -0.2) is 5.11 Å². The highest BCUT2D eigenvalue weighted by Crippen LogP contribution is 2.49. The molecule has 1 N–H and O–H groups in total. The molecule has 1 saturated carbocycles. The van der Waals surface area contributed by atoms with Crippen molar-refractivity contribution in [2.24, 2.45) is 5.92 Å². The molecule has 1 fully saturated rings. The van der Waals surface area contributed by atoms with E-state index in [0.29, 0.717) is 30.9 Å². The fraction of sp³-hybridized carbons (Fsp3) is 0.458. The number of allylic oxidation sites excluding steroid dienone is 1. The zero-order chi connectivity index (χ0) is 20.6. The Morgan fingerprint density at radius 1 is 1.28 bits per heavy atom. The number of halogens is 1. The van der Waals surface area contributed by atoms with Gasteiger partial charge in [-0.25, -0.2) is 9.18 Å². The Morgan fingerprint density at radius 2 is 2.00 bits per heavy atom. The lowest BCUT2D eigenvalue weighted by molar-refractivity contribution is 0.00456. The second-order valence-electron chi connectivity index (χ2n) is 8.39. The van der Waals surface area contributed by atoms with Crippen LogP contribution in [-0.2, 0) is 16.8 Å². The van der Waals surface area contributed by atoms with Crippen LogP contribution in [0.3, 0.4) is 0 Å². The van der Waals surface area contributed by atoms with Gasteiger partial charge in [0.1, 0.15) is 28.5 Å². The van der Waals surface area contributed by atoms with E-state index in [2.05, 4.69) is 0 Å². The molecule has 4 rings (SSSR count). The molecule has 0 saturated heterocycles. The first-order valence-corrected chi connectivity index (χ1v) is 10.4. The van der Waals surface area contributed by atoms with Crippen LogP contribution in [0.5, 0.6) is 5.75 Å². The van der Waals surface area contributed by atoms with Crippen molar-refractivity contribution in [1.82, 2.24) is 0 Å². The Bertz CT molecular complexity index is 971. The number of hydrogen-bond donors (Lipinski definition) is 1. The van der Waals surface area contributed by atoms with Crippen molar-refractivity contribution in [2.75, 3.05) is 0 Å². The maximum absolute atomic E-state index is 13.2. The van der Waals surface area contributed by atoms with Gasteiger partial charge in [-0.15, -0.1) is 0 Å². The fourth-order valence-corrected chi connectivity index (χ4v) is 4.34. The van der Waals surface area contributed by atoms with Crippen molar-refractivity contribution in [2.45, 2.75) is 63.9 Å². The Kier molecular flexibility index (Phi) is 5.24. The van der Waals surface area contributed by atoms with Crippen LogP contribution >= 0.6 is 0 Å². The summed E-state index contributed by atoms with van der Waals surface area (Å²) in [6, 6.07) is 7.88. The van der Waals surface area contributed by atoms with Crippen molar-refractivity contribution < 1.29 is 18.7 Å². The Hall–Kier alpha value is -2.56. The molecular formula is C24H27FO4. The van der Waals surface area contributed by atoms with E-state index in [4.69, 9.17) is 9.15 Å². The topological polar surface area (TPSA) is 59.7 Å². The van der Waals surface area contributed by atoms with Crippen LogP contribution in [0.25, 0.3) is 0 Å². The maximum Gasteiger partial charge on any atom is 0.347 e. The summed E-state index contributed by atoms with van der Waals surface area (Å²) >= 11 is 0. The van der Waals surface area contributed by atoms with Crippen LogP contribution in [0.4, 0.5) is 4.39 Å². The minimum atomic E-state index is -0.826. The predicted octanol–water partition coefficient (Wildman–Crippen LogP) is 5.54. The van der Waals surface area contributed by atoms with E-state index in [-0.39, 0.29) is 23.0 Å². The quantitative estimate of drug-likeness (QED) is 0.665. The van der Waals surface area contributed by atoms with Crippen LogP contribution in [0.2, 0.25) is 0 Å². The van der Waals surface area contributed by atoms with Gasteiger partial charge in [0.05, 0.1) is 5.76 Å². The normalized spacial score (nSPS) is 22.2. The Balaban J connectivity index is 1.65. The lowest BCUT2D eigenvalue weighted by atomic mass is 9.85. The molecule has 5 heteroatoms. The summed E-state index contributed by atoms with van der Waals surface area (Å²) in [7, 11) is 0. The monoisotopic (exact) mass is 398 g/mol. The maximum atomic E-state index is 13.2. The third-order valence-corrected chi connectivity index (χ3v) is 6.09. The second-order valence-corrected chi connectivity index (χ2v) is 8.39. The molecule has 1 aromatic carbocycles. The van der Waals surface area contributed by atoms with Crippen molar-refractivity contribution in [3.63, 3.8) is 0 Å². The molecular weight excluding hydrogens is 371 g/mol. The SMILES string of the molecule is CCC(Cc1ccc(F)cc1)c1cc(O)c(C2(CC3CC3)CC=C(C)O2)c(=O)o1. The molecule has 2 heterocycles. The van der Waals surface area contributed by atoms with Crippen LogP contribution < -0.4 is 5.63 Å². The smallest absolute Gasteiger partial charge is 0.347 e. The highest BCUT2D eigenvalue weighted by atomic mass is 19.1. The molecule has 0 bridgehead atoms. The van der Waals surface area contributed by atoms with E-state index in [1.54, 1.807) is 18.2 Å². The first-order valence-electron chi connectivity index (χ1n) is 10.4. The Morgan fingerprint density at radius 3 is 2.55 bits per heavy atom. The second kappa shape index (κ2) is 7.69. The summed E-state index contributed by atoms with van der Waals surface area (Å²) in [6.45, 7) is 3.87. The average molecular weight is 398 g/mol. The molecule has 29 heavy (non-hydrogen) atoms. The molecule has 154 valence electrons. The zero-order valence-electron chi connectivity index (χ0n) is 16.9. The highest BCUT2D eigenvalue weighted by Gasteiger charge is 2.46. The molecule has 1 aromatic heterocycles. The number of rotatable bonds is 7. The molecule has 1 aliphatic carbocycles. The molecule has 2 unspecified atom stereocenters. The predicted molar refractivity (Wildman–Crippen MR) is 108 cm³/mol. The van der Waals surface area contributed by atoms with Gasteiger partial charge in [-0.2, -0.15) is 0 Å². The van der Waals surface area contributed by atoms with Crippen LogP contribution in [0.15, 0.2) is 51.4 Å². The zero-order valence-corrected chi connectivity index (χ0v) is 16.9. The minimum Gasteiger partial charge on any atom is -0.507 e. The van der Waals surface area contributed by atoms with Gasteiger partial charge in [-0.1, -0.05) is 31.9 Å². The van der Waals surface area contributed by atoms with E-state index in [0.717, 1.165) is 30.6 Å². The fourth-order valence-electron chi connectivity index (χ4n) is 4.34. The first kappa shape index (κ1) is 19.7. The number of benzene rings is 1. The van der Waals surface area contributed by atoms with Crippen LogP contribution in [0.1, 0.15) is 68.8 Å². The van der Waals surface area contributed by atoms with Crippen molar-refractivity contribution in [1.29, 1.82) is 0 Å². The van der Waals surface area contributed by atoms with Crippen molar-refractivity contribution >= 4 is 0 Å². The van der Waals surface area contributed by atoms with Gasteiger partial charge in [0.25, 0.3) is 0 Å². The summed E-state index contributed by atoms with van der Waals surface area (Å²) < 4.78 is 25.0. The lowest BCUT2D eigenvalue weighted by Crippen LogP contribution is -2.32. The third-order valence-electron chi connectivity index (χ3n) is 6.09. The molecule has 2 aliphatic rings. The highest BCUT2D eigenvalue weighted by molar-refractivity contribution is 5.38. The number of hydrogen-bond acceptors (Lipinski definition) is 4. The standard InChI is InChI=1S/C24H27FO4/c1-3-18(12-16-6-8-19(25)9-7-16)21-13-20(26)22(23(27)28-21)24(14-17-4-5-17)11-10-15(2)29-24/h6-10,13,17-18,26H,3-5,11-12,14H2,1-2H3. The number of aromatic hydroxyl groups is 1. The lowest BCUT2D eigenvalue weighted by Gasteiger charge is -2.30. The van der Waals surface area contributed by atoms with Gasteiger partial charge in [0.15, 0.2) is 0 Å². The average Bonchev–Trinajstić information content (AvgIpc) is 3.41. The van der Waals surface area contributed by atoms with Gasteiger partial charge in [-0.3, -0.25) is 0 Å². The summed E-state index contributed by atoms with van der Waals surface area (Å²) in [5.74, 6) is 1.32. The summed E-state index contributed by atoms with van der Waals surface area (Å²) in [4.78, 5) is 13.0. The van der Waals surface area contributed by atoms with Crippen molar-refractivity contribution in [3.8, 4) is 5.75 Å². The van der Waals surface area contributed by atoms with E-state index in [1.807, 2.05) is 19.9 Å². The van der Waals surface area contributed by atoms with Crippen molar-refractivity contribution in [3.05, 3.63) is 75.3 Å². The van der Waals surface area contributed by atoms with E-state index < -0.39 is 11.2 Å². The van der Waals surface area contributed by atoms with Gasteiger partial charge in [-0.05, 0) is 55.9 Å². The van der Waals surface area contributed by atoms with Gasteiger partial charge < -0.3 is 14.3 Å². The largest absolute Gasteiger partial charge is 0.507 e. The van der Waals surface area contributed by atoms with Crippen LogP contribution in [0, 0.1) is 11.7 Å². The number of ether oxygens (including phenoxy) is 1. The van der Waals surface area contributed by atoms with E-state index in [9.17, 15) is 14.3 Å². The molecule has 0 radical (unpaired) electrons. The summed E-state index contributed by atoms with van der Waals surface area (Å²) in [5, 5.41) is 10.9. The van der Waals surface area contributed by atoms with Gasteiger partial charge >= 0.3 is 5.63 Å². The van der Waals surface area contributed by atoms with Gasteiger partial charge in [0, 0.05) is 18.4 Å². The molecule has 0 amide bonds. The minimum absolute atomic E-state index is 0.0578. The molecule has 1 aliphatic heterocycles. The van der Waals surface area contributed by atoms with Gasteiger partial charge in [0.2, 0.25) is 0 Å². The molecule has 0 spiro atoms. The Labute approximate surface area is 170 Å². The van der Waals surface area contributed by atoms with E-state index >= 15 is 0 Å². The summed E-state index contributed by atoms with van der Waals surface area (Å²) in [5.41, 5.74) is -0.166.